The Morgan fingerprint density at radius 2 is 2.17 bits per heavy atom. The molecule has 0 bridgehead atoms. The molecule has 5 heteroatoms. The zero-order valence-corrected chi connectivity index (χ0v) is 12.2. The molecule has 4 nitrogen and oxygen atoms in total. The highest BCUT2D eigenvalue weighted by Gasteiger charge is 2.06. The van der Waals surface area contributed by atoms with Crippen LogP contribution in [0, 0.1) is 13.8 Å². The van der Waals surface area contributed by atoms with E-state index in [9.17, 15) is 0 Å². The average molecular weight is 264 g/mol. The van der Waals surface area contributed by atoms with Gasteiger partial charge >= 0.3 is 0 Å². The smallest absolute Gasteiger partial charge is 0.107 e. The van der Waals surface area contributed by atoms with Crippen LogP contribution in [0.15, 0.2) is 11.4 Å². The largest absolute Gasteiger partial charge is 0.308 e. The monoisotopic (exact) mass is 264 g/mol. The van der Waals surface area contributed by atoms with E-state index in [4.69, 9.17) is 0 Å². The number of aromatic nitrogens is 3. The molecule has 0 atom stereocenters. The molecule has 0 aliphatic carbocycles. The zero-order chi connectivity index (χ0) is 13.1. The molecule has 0 radical (unpaired) electrons. The molecule has 18 heavy (non-hydrogen) atoms. The van der Waals surface area contributed by atoms with Gasteiger partial charge in [0.15, 0.2) is 0 Å². The normalized spacial score (nSPS) is 11.4. The van der Waals surface area contributed by atoms with Crippen molar-refractivity contribution >= 4 is 11.3 Å². The van der Waals surface area contributed by atoms with Crippen molar-refractivity contribution in [2.45, 2.75) is 46.8 Å². The second-order valence-electron chi connectivity index (χ2n) is 4.85. The Morgan fingerprint density at radius 1 is 1.39 bits per heavy atom. The third-order valence-electron chi connectivity index (χ3n) is 2.68. The topological polar surface area (TPSA) is 42.7 Å². The number of hydrogen-bond donors (Lipinski definition) is 1. The lowest BCUT2D eigenvalue weighted by Crippen LogP contribution is -2.21. The summed E-state index contributed by atoms with van der Waals surface area (Å²) in [6, 6.07) is 2.58. The first kappa shape index (κ1) is 13.2. The predicted octanol–water partition coefficient (Wildman–Crippen LogP) is 2.50. The maximum absolute atomic E-state index is 4.62. The van der Waals surface area contributed by atoms with Gasteiger partial charge in [-0.25, -0.2) is 4.98 Å². The second-order valence-corrected chi connectivity index (χ2v) is 5.80. The van der Waals surface area contributed by atoms with E-state index >= 15 is 0 Å². The van der Waals surface area contributed by atoms with Gasteiger partial charge in [-0.3, -0.25) is 4.68 Å². The average Bonchev–Trinajstić information content (AvgIpc) is 2.84. The van der Waals surface area contributed by atoms with Crippen LogP contribution >= 0.6 is 11.3 Å². The van der Waals surface area contributed by atoms with Crippen LogP contribution in [0.4, 0.5) is 0 Å². The van der Waals surface area contributed by atoms with Gasteiger partial charge in [0.2, 0.25) is 0 Å². The van der Waals surface area contributed by atoms with Crippen molar-refractivity contribution < 1.29 is 0 Å². The van der Waals surface area contributed by atoms with Gasteiger partial charge in [0.1, 0.15) is 5.01 Å². The standard InChI is InChI=1S/C13H20N4S/c1-9(2)14-6-13-15-12(8-18-13)7-17-11(4)5-10(3)16-17/h5,8-9,14H,6-7H2,1-4H3. The Morgan fingerprint density at radius 3 is 2.78 bits per heavy atom. The van der Waals surface area contributed by atoms with Crippen LogP contribution in [0.5, 0.6) is 0 Å². The van der Waals surface area contributed by atoms with E-state index in [1.54, 1.807) is 11.3 Å². The first-order valence-electron chi connectivity index (χ1n) is 6.22. The second kappa shape index (κ2) is 5.63. The summed E-state index contributed by atoms with van der Waals surface area (Å²) in [5.41, 5.74) is 3.33. The van der Waals surface area contributed by atoms with Crippen molar-refractivity contribution in [2.24, 2.45) is 0 Å². The molecule has 0 saturated carbocycles. The molecule has 0 aliphatic heterocycles. The van der Waals surface area contributed by atoms with Gasteiger partial charge < -0.3 is 5.32 Å². The van der Waals surface area contributed by atoms with Crippen molar-refractivity contribution in [3.8, 4) is 0 Å². The van der Waals surface area contributed by atoms with Gasteiger partial charge in [0.25, 0.3) is 0 Å². The quantitative estimate of drug-likeness (QED) is 0.902. The number of aryl methyl sites for hydroxylation is 2. The highest BCUT2D eigenvalue weighted by molar-refractivity contribution is 7.09. The molecule has 0 unspecified atom stereocenters. The van der Waals surface area contributed by atoms with Crippen LogP contribution in [0.25, 0.3) is 0 Å². The van der Waals surface area contributed by atoms with Crippen molar-refractivity contribution in [3.63, 3.8) is 0 Å². The third-order valence-corrected chi connectivity index (χ3v) is 3.57. The van der Waals surface area contributed by atoms with Gasteiger partial charge in [-0.05, 0) is 19.9 Å². The summed E-state index contributed by atoms with van der Waals surface area (Å²) in [7, 11) is 0. The fourth-order valence-electron chi connectivity index (χ4n) is 1.78. The van der Waals surface area contributed by atoms with E-state index in [2.05, 4.69) is 47.6 Å². The van der Waals surface area contributed by atoms with Crippen LogP contribution in [-0.4, -0.2) is 20.8 Å². The Hall–Kier alpha value is -1.20. The summed E-state index contributed by atoms with van der Waals surface area (Å²) in [6.45, 7) is 9.99. The molecular weight excluding hydrogens is 244 g/mol. The van der Waals surface area contributed by atoms with E-state index in [1.165, 1.54) is 5.69 Å². The Bertz CT molecular complexity index is 513. The summed E-state index contributed by atoms with van der Waals surface area (Å²) in [5.74, 6) is 0. The maximum atomic E-state index is 4.62. The van der Waals surface area contributed by atoms with E-state index in [1.807, 2.05) is 11.6 Å². The summed E-state index contributed by atoms with van der Waals surface area (Å²) >= 11 is 1.71. The molecule has 0 aromatic carbocycles. The molecule has 0 amide bonds. The van der Waals surface area contributed by atoms with E-state index in [0.717, 1.165) is 29.5 Å². The SMILES string of the molecule is Cc1cc(C)n(Cc2csc(CNC(C)C)n2)n1. The van der Waals surface area contributed by atoms with E-state index < -0.39 is 0 Å². The molecule has 2 aromatic heterocycles. The van der Waals surface area contributed by atoms with E-state index in [0.29, 0.717) is 6.04 Å². The summed E-state index contributed by atoms with van der Waals surface area (Å²) < 4.78 is 2.00. The first-order valence-corrected chi connectivity index (χ1v) is 7.10. The number of thiazole rings is 1. The highest BCUT2D eigenvalue weighted by atomic mass is 32.1. The van der Waals surface area contributed by atoms with Crippen LogP contribution in [0.2, 0.25) is 0 Å². The fraction of sp³-hybridized carbons (Fsp3) is 0.538. The Kier molecular flexibility index (Phi) is 4.14. The van der Waals surface area contributed by atoms with Crippen LogP contribution < -0.4 is 5.32 Å². The van der Waals surface area contributed by atoms with Gasteiger partial charge in [-0.15, -0.1) is 11.3 Å². The maximum Gasteiger partial charge on any atom is 0.107 e. The van der Waals surface area contributed by atoms with Gasteiger partial charge in [0, 0.05) is 23.7 Å². The lowest BCUT2D eigenvalue weighted by Gasteiger charge is -2.04. The fourth-order valence-corrected chi connectivity index (χ4v) is 2.52. The molecule has 2 aromatic rings. The molecule has 1 N–H and O–H groups in total. The number of nitrogens with zero attached hydrogens (tertiary/aromatic N) is 3. The number of nitrogens with one attached hydrogen (secondary N) is 1. The van der Waals surface area contributed by atoms with E-state index in [-0.39, 0.29) is 0 Å². The van der Waals surface area contributed by atoms with Crippen molar-refractivity contribution in [3.05, 3.63) is 33.5 Å². The van der Waals surface area contributed by atoms with Crippen LogP contribution in [-0.2, 0) is 13.1 Å². The lowest BCUT2D eigenvalue weighted by molar-refractivity contribution is 0.584. The molecule has 0 spiro atoms. The predicted molar refractivity (Wildman–Crippen MR) is 74.9 cm³/mol. The first-order chi connectivity index (χ1) is 8.54. The van der Waals surface area contributed by atoms with Crippen molar-refractivity contribution in [1.82, 2.24) is 20.1 Å². The molecule has 0 aliphatic rings. The van der Waals surface area contributed by atoms with Crippen molar-refractivity contribution in [2.75, 3.05) is 0 Å². The van der Waals surface area contributed by atoms with Gasteiger partial charge in [-0.1, -0.05) is 13.8 Å². The summed E-state index contributed by atoms with van der Waals surface area (Å²) in [5, 5.41) is 11.1. The third kappa shape index (κ3) is 3.40. The van der Waals surface area contributed by atoms with Gasteiger partial charge in [0.05, 0.1) is 17.9 Å². The van der Waals surface area contributed by atoms with Crippen LogP contribution in [0.1, 0.15) is 35.9 Å². The zero-order valence-electron chi connectivity index (χ0n) is 11.4. The van der Waals surface area contributed by atoms with Gasteiger partial charge in [-0.2, -0.15) is 5.10 Å². The summed E-state index contributed by atoms with van der Waals surface area (Å²) in [4.78, 5) is 4.62. The molecule has 2 heterocycles. The van der Waals surface area contributed by atoms with Crippen LogP contribution in [0.3, 0.4) is 0 Å². The molecule has 0 fully saturated rings. The number of rotatable bonds is 5. The minimum absolute atomic E-state index is 0.494. The summed E-state index contributed by atoms with van der Waals surface area (Å²) in [6.07, 6.45) is 0. The minimum atomic E-state index is 0.494. The lowest BCUT2D eigenvalue weighted by atomic mass is 10.4. The number of hydrogen-bond acceptors (Lipinski definition) is 4. The Labute approximate surface area is 112 Å². The van der Waals surface area contributed by atoms with Crippen molar-refractivity contribution in [1.29, 1.82) is 0 Å². The highest BCUT2D eigenvalue weighted by Crippen LogP contribution is 2.12. The molecular formula is C13H20N4S. The Balaban J connectivity index is 2.00. The molecule has 0 saturated heterocycles. The molecule has 2 rings (SSSR count). The molecule has 98 valence electrons. The minimum Gasteiger partial charge on any atom is -0.308 e.